The number of benzene rings is 3. The van der Waals surface area contributed by atoms with E-state index >= 15 is 0 Å². The largest absolute Gasteiger partial charge is 0.322 e. The van der Waals surface area contributed by atoms with Gasteiger partial charge in [-0.1, -0.05) is 48.5 Å². The summed E-state index contributed by atoms with van der Waals surface area (Å²) in [6.45, 7) is 2.41. The van der Waals surface area contributed by atoms with Crippen molar-refractivity contribution in [3.63, 3.8) is 0 Å². The number of anilines is 1. The zero-order valence-electron chi connectivity index (χ0n) is 19.3. The first-order chi connectivity index (χ1) is 17.2. The van der Waals surface area contributed by atoms with Crippen molar-refractivity contribution in [2.24, 2.45) is 0 Å². The number of pyridine rings is 1. The molecule has 4 aromatic rings. The molecule has 0 radical (unpaired) electrons. The van der Waals surface area contributed by atoms with E-state index in [9.17, 15) is 10.1 Å². The first-order valence-corrected chi connectivity index (χ1v) is 11.9. The van der Waals surface area contributed by atoms with Crippen LogP contribution in [0, 0.1) is 11.3 Å². The molecule has 1 N–H and O–H groups in total. The summed E-state index contributed by atoms with van der Waals surface area (Å²) in [5.41, 5.74) is 5.40. The number of para-hydroxylation sites is 1. The minimum atomic E-state index is -0.0519. The Hall–Kier alpha value is -4.21. The molecule has 3 aromatic carbocycles. The zero-order chi connectivity index (χ0) is 23.8. The van der Waals surface area contributed by atoms with Gasteiger partial charge < -0.3 is 10.2 Å². The van der Waals surface area contributed by atoms with Gasteiger partial charge in [0.2, 0.25) is 0 Å². The highest BCUT2D eigenvalue weighted by Gasteiger charge is 2.45. The highest BCUT2D eigenvalue weighted by Crippen LogP contribution is 2.32. The molecule has 6 heteroatoms. The minimum absolute atomic E-state index is 0.0519. The van der Waals surface area contributed by atoms with Gasteiger partial charge in [0.1, 0.15) is 0 Å². The van der Waals surface area contributed by atoms with Gasteiger partial charge in [-0.05, 0) is 53.9 Å². The number of rotatable bonds is 4. The summed E-state index contributed by atoms with van der Waals surface area (Å²) in [4.78, 5) is 22.4. The molecule has 6 nitrogen and oxygen atoms in total. The molecule has 0 spiro atoms. The minimum Gasteiger partial charge on any atom is -0.319 e. The SMILES string of the molecule is N#Cc1cccc(-c2cccc(NC(=O)N3CC4CC3CN4Cc3ccc4ccccc4n3)c2)c1. The molecule has 2 fully saturated rings. The summed E-state index contributed by atoms with van der Waals surface area (Å²) < 4.78 is 0. The number of nitrogens with zero attached hydrogens (tertiary/aromatic N) is 4. The van der Waals surface area contributed by atoms with Gasteiger partial charge in [0.25, 0.3) is 0 Å². The first-order valence-electron chi connectivity index (χ1n) is 11.9. The summed E-state index contributed by atoms with van der Waals surface area (Å²) >= 11 is 0. The van der Waals surface area contributed by atoms with E-state index in [0.717, 1.165) is 59.5 Å². The molecule has 2 amide bonds. The summed E-state index contributed by atoms with van der Waals surface area (Å²) in [5, 5.41) is 13.4. The fourth-order valence-electron chi connectivity index (χ4n) is 5.34. The summed E-state index contributed by atoms with van der Waals surface area (Å²) in [6, 6.07) is 30.4. The van der Waals surface area contributed by atoms with Crippen molar-refractivity contribution < 1.29 is 4.79 Å². The van der Waals surface area contributed by atoms with Gasteiger partial charge in [0.05, 0.1) is 22.8 Å². The number of fused-ring (bicyclic) bond motifs is 3. The van der Waals surface area contributed by atoms with E-state index in [1.165, 1.54) is 0 Å². The molecule has 0 saturated carbocycles. The lowest BCUT2D eigenvalue weighted by Gasteiger charge is -2.34. The van der Waals surface area contributed by atoms with Crippen molar-refractivity contribution in [3.8, 4) is 17.2 Å². The molecule has 3 heterocycles. The summed E-state index contributed by atoms with van der Waals surface area (Å²) in [7, 11) is 0. The smallest absolute Gasteiger partial charge is 0.319 e. The monoisotopic (exact) mass is 459 g/mol. The van der Waals surface area contributed by atoms with E-state index in [4.69, 9.17) is 4.98 Å². The van der Waals surface area contributed by atoms with Gasteiger partial charge in [0, 0.05) is 42.8 Å². The van der Waals surface area contributed by atoms with Crippen LogP contribution >= 0.6 is 0 Å². The second-order valence-corrected chi connectivity index (χ2v) is 9.32. The number of nitriles is 1. The fraction of sp³-hybridized carbons (Fsp3) is 0.207. The lowest BCUT2D eigenvalue weighted by Crippen LogP contribution is -2.49. The molecule has 2 unspecified atom stereocenters. The second-order valence-electron chi connectivity index (χ2n) is 9.32. The van der Waals surface area contributed by atoms with Crippen molar-refractivity contribution in [3.05, 3.63) is 96.2 Å². The Labute approximate surface area is 204 Å². The maximum atomic E-state index is 13.1. The topological polar surface area (TPSA) is 72.3 Å². The second kappa shape index (κ2) is 8.86. The maximum absolute atomic E-state index is 13.1. The van der Waals surface area contributed by atoms with Crippen LogP contribution in [-0.4, -0.2) is 46.0 Å². The Balaban J connectivity index is 1.10. The van der Waals surface area contributed by atoms with Crippen molar-refractivity contribution in [1.82, 2.24) is 14.8 Å². The average molecular weight is 460 g/mol. The number of hydrogen-bond donors (Lipinski definition) is 1. The zero-order valence-corrected chi connectivity index (χ0v) is 19.3. The third kappa shape index (κ3) is 4.23. The number of piperazine rings is 1. The molecule has 2 atom stereocenters. The predicted molar refractivity (Wildman–Crippen MR) is 137 cm³/mol. The van der Waals surface area contributed by atoms with Gasteiger partial charge in [-0.3, -0.25) is 9.88 Å². The number of likely N-dealkylation sites (tertiary alicyclic amines) is 2. The summed E-state index contributed by atoms with van der Waals surface area (Å²) in [5.74, 6) is 0. The Morgan fingerprint density at radius 1 is 0.943 bits per heavy atom. The van der Waals surface area contributed by atoms with Crippen molar-refractivity contribution >= 4 is 22.6 Å². The molecular formula is C29H25N5O. The molecule has 35 heavy (non-hydrogen) atoms. The number of carbonyl (C=O) groups excluding carboxylic acids is 1. The molecule has 1 aromatic heterocycles. The normalized spacial score (nSPS) is 19.1. The van der Waals surface area contributed by atoms with Crippen LogP contribution < -0.4 is 5.32 Å². The third-order valence-corrected chi connectivity index (χ3v) is 7.07. The van der Waals surface area contributed by atoms with Crippen molar-refractivity contribution in [2.45, 2.75) is 25.0 Å². The van der Waals surface area contributed by atoms with Gasteiger partial charge >= 0.3 is 6.03 Å². The number of nitrogens with one attached hydrogen (secondary N) is 1. The van der Waals surface area contributed by atoms with E-state index in [1.54, 1.807) is 6.07 Å². The third-order valence-electron chi connectivity index (χ3n) is 7.07. The lowest BCUT2D eigenvalue weighted by molar-refractivity contribution is 0.138. The number of carbonyl (C=O) groups is 1. The van der Waals surface area contributed by atoms with Gasteiger partial charge in [-0.25, -0.2) is 4.79 Å². The Kier molecular flexibility index (Phi) is 5.40. The maximum Gasteiger partial charge on any atom is 0.322 e. The molecular weight excluding hydrogens is 434 g/mol. The predicted octanol–water partition coefficient (Wildman–Crippen LogP) is 5.26. The van der Waals surface area contributed by atoms with Crippen LogP contribution in [-0.2, 0) is 6.54 Å². The molecule has 2 saturated heterocycles. The number of amides is 2. The Morgan fingerprint density at radius 3 is 2.60 bits per heavy atom. The molecule has 6 rings (SSSR count). The molecule has 2 aliphatic rings. The van der Waals surface area contributed by atoms with Crippen LogP contribution in [0.1, 0.15) is 17.7 Å². The van der Waals surface area contributed by atoms with E-state index in [2.05, 4.69) is 40.6 Å². The van der Waals surface area contributed by atoms with Gasteiger partial charge in [-0.2, -0.15) is 5.26 Å². The molecule has 172 valence electrons. The van der Waals surface area contributed by atoms with Crippen LogP contribution in [0.15, 0.2) is 84.9 Å². The van der Waals surface area contributed by atoms with Gasteiger partial charge in [0.15, 0.2) is 0 Å². The average Bonchev–Trinajstić information content (AvgIpc) is 3.50. The van der Waals surface area contributed by atoms with E-state index in [0.29, 0.717) is 11.6 Å². The number of aromatic nitrogens is 1. The number of urea groups is 1. The van der Waals surface area contributed by atoms with Crippen LogP contribution in [0.25, 0.3) is 22.0 Å². The quantitative estimate of drug-likeness (QED) is 0.452. The van der Waals surface area contributed by atoms with Crippen LogP contribution in [0.3, 0.4) is 0 Å². The fourth-order valence-corrected chi connectivity index (χ4v) is 5.34. The van der Waals surface area contributed by atoms with E-state index < -0.39 is 0 Å². The highest BCUT2D eigenvalue weighted by atomic mass is 16.2. The van der Waals surface area contributed by atoms with E-state index in [-0.39, 0.29) is 12.1 Å². The van der Waals surface area contributed by atoms with Crippen molar-refractivity contribution in [2.75, 3.05) is 18.4 Å². The highest BCUT2D eigenvalue weighted by molar-refractivity contribution is 5.91. The van der Waals surface area contributed by atoms with Gasteiger partial charge in [-0.15, -0.1) is 0 Å². The van der Waals surface area contributed by atoms with E-state index in [1.807, 2.05) is 59.5 Å². The van der Waals surface area contributed by atoms with Crippen LogP contribution in [0.4, 0.5) is 10.5 Å². The lowest BCUT2D eigenvalue weighted by atomic mass is 10.0. The summed E-state index contributed by atoms with van der Waals surface area (Å²) in [6.07, 6.45) is 1.00. The number of hydrogen-bond acceptors (Lipinski definition) is 4. The van der Waals surface area contributed by atoms with Crippen LogP contribution in [0.2, 0.25) is 0 Å². The first kappa shape index (κ1) is 21.3. The Morgan fingerprint density at radius 2 is 1.77 bits per heavy atom. The molecule has 0 aliphatic carbocycles. The standard InChI is InChI=1S/C29H25N5O/c30-16-20-5-3-7-22(13-20)23-8-4-9-24(14-23)32-29(35)34-19-26-15-27(34)18-33(26)17-25-12-11-21-6-1-2-10-28(21)31-25/h1-14,26-27H,15,17-19H2,(H,32,35). The Bertz CT molecular complexity index is 1460. The molecule has 2 bridgehead atoms. The van der Waals surface area contributed by atoms with Crippen LogP contribution in [0.5, 0.6) is 0 Å². The van der Waals surface area contributed by atoms with Crippen molar-refractivity contribution in [1.29, 1.82) is 5.26 Å². The molecule has 2 aliphatic heterocycles.